The minimum absolute atomic E-state index is 0.0702. The Morgan fingerprint density at radius 3 is 2.21 bits per heavy atom. The number of amides is 2. The highest BCUT2D eigenvalue weighted by Gasteiger charge is 2.39. The van der Waals surface area contributed by atoms with Crippen molar-refractivity contribution in [3.63, 3.8) is 0 Å². The highest BCUT2D eigenvalue weighted by Crippen LogP contribution is 2.44. The number of carbonyl (C=O) groups is 2. The van der Waals surface area contributed by atoms with E-state index in [1.807, 2.05) is 50.2 Å². The van der Waals surface area contributed by atoms with Crippen LogP contribution in [0.2, 0.25) is 0 Å². The molecule has 5 heteroatoms. The Kier molecular flexibility index (Phi) is 4.67. The van der Waals surface area contributed by atoms with E-state index in [4.69, 9.17) is 4.74 Å². The molecule has 2 aromatic rings. The second-order valence-corrected chi connectivity index (χ2v) is 7.73. The standard InChI is InChI=1S/C23H23NO4/c1-14(2)11-20-21(25)12-22(26)24(20)23(27)28-13-19-17-9-5-3-7-15(17)16-8-4-6-10-18(16)19/h3-10,12,14,19-20,25H,11,13H2,1-2H3/t20-/m0/s1. The monoisotopic (exact) mass is 377 g/mol. The molecule has 144 valence electrons. The number of hydrogen-bond acceptors (Lipinski definition) is 4. The number of aliphatic hydroxyl groups is 1. The maximum atomic E-state index is 12.7. The van der Waals surface area contributed by atoms with Crippen LogP contribution in [0.1, 0.15) is 37.3 Å². The van der Waals surface area contributed by atoms with Gasteiger partial charge in [-0.1, -0.05) is 62.4 Å². The molecule has 0 saturated carbocycles. The number of nitrogens with zero attached hydrogens (tertiary/aromatic N) is 1. The van der Waals surface area contributed by atoms with E-state index in [1.54, 1.807) is 0 Å². The molecule has 1 N–H and O–H groups in total. The van der Waals surface area contributed by atoms with Crippen LogP contribution in [0.25, 0.3) is 11.1 Å². The summed E-state index contributed by atoms with van der Waals surface area (Å²) in [5.41, 5.74) is 4.52. The van der Waals surface area contributed by atoms with Crippen molar-refractivity contribution in [3.8, 4) is 11.1 Å². The number of ether oxygens (including phenoxy) is 1. The molecule has 0 fully saturated rings. The first-order valence-electron chi connectivity index (χ1n) is 9.56. The number of aliphatic hydroxyl groups excluding tert-OH is 1. The average molecular weight is 377 g/mol. The lowest BCUT2D eigenvalue weighted by Crippen LogP contribution is -2.42. The predicted molar refractivity (Wildman–Crippen MR) is 106 cm³/mol. The topological polar surface area (TPSA) is 66.8 Å². The summed E-state index contributed by atoms with van der Waals surface area (Å²) >= 11 is 0. The molecular weight excluding hydrogens is 354 g/mol. The Balaban J connectivity index is 1.53. The van der Waals surface area contributed by atoms with Gasteiger partial charge in [0.15, 0.2) is 0 Å². The van der Waals surface area contributed by atoms with Crippen molar-refractivity contribution >= 4 is 12.0 Å². The largest absolute Gasteiger partial charge is 0.510 e. The minimum atomic E-state index is -0.710. The SMILES string of the molecule is CC(C)C[C@H]1C(O)=CC(=O)N1C(=O)OCC1c2ccccc2-c2ccccc21. The summed E-state index contributed by atoms with van der Waals surface area (Å²) in [6.07, 6.45) is 0.894. The van der Waals surface area contributed by atoms with Crippen LogP contribution in [0.15, 0.2) is 60.4 Å². The van der Waals surface area contributed by atoms with Crippen LogP contribution in [-0.2, 0) is 9.53 Å². The zero-order valence-corrected chi connectivity index (χ0v) is 16.0. The lowest BCUT2D eigenvalue weighted by atomic mass is 9.98. The number of carbonyl (C=O) groups excluding carboxylic acids is 2. The third-order valence-electron chi connectivity index (χ3n) is 5.39. The molecule has 28 heavy (non-hydrogen) atoms. The van der Waals surface area contributed by atoms with Gasteiger partial charge in [0.25, 0.3) is 5.91 Å². The molecular formula is C23H23NO4. The smallest absolute Gasteiger partial charge is 0.417 e. The van der Waals surface area contributed by atoms with Crippen LogP contribution >= 0.6 is 0 Å². The second-order valence-electron chi connectivity index (χ2n) is 7.73. The summed E-state index contributed by atoms with van der Waals surface area (Å²) in [7, 11) is 0. The lowest BCUT2D eigenvalue weighted by molar-refractivity contribution is -0.124. The van der Waals surface area contributed by atoms with Crippen molar-refractivity contribution in [2.24, 2.45) is 5.92 Å². The van der Waals surface area contributed by atoms with E-state index in [1.165, 1.54) is 0 Å². The van der Waals surface area contributed by atoms with E-state index in [2.05, 4.69) is 12.1 Å². The molecule has 0 unspecified atom stereocenters. The van der Waals surface area contributed by atoms with Crippen LogP contribution in [0.3, 0.4) is 0 Å². The molecule has 0 saturated heterocycles. The van der Waals surface area contributed by atoms with E-state index < -0.39 is 18.0 Å². The van der Waals surface area contributed by atoms with Crippen molar-refractivity contribution in [2.45, 2.75) is 32.2 Å². The molecule has 1 heterocycles. The molecule has 0 aromatic heterocycles. The Morgan fingerprint density at radius 1 is 1.07 bits per heavy atom. The summed E-state index contributed by atoms with van der Waals surface area (Å²) in [6, 6.07) is 15.5. The highest BCUT2D eigenvalue weighted by atomic mass is 16.6. The molecule has 0 bridgehead atoms. The Bertz CT molecular complexity index is 917. The molecule has 2 amide bonds. The summed E-state index contributed by atoms with van der Waals surface area (Å²) in [5.74, 6) is -0.456. The first-order chi connectivity index (χ1) is 13.5. The molecule has 2 aliphatic rings. The predicted octanol–water partition coefficient (Wildman–Crippen LogP) is 4.63. The van der Waals surface area contributed by atoms with E-state index in [-0.39, 0.29) is 24.2 Å². The van der Waals surface area contributed by atoms with E-state index >= 15 is 0 Å². The van der Waals surface area contributed by atoms with E-state index in [0.717, 1.165) is 33.2 Å². The first kappa shape index (κ1) is 18.3. The molecule has 0 spiro atoms. The van der Waals surface area contributed by atoms with Crippen LogP contribution < -0.4 is 0 Å². The lowest BCUT2D eigenvalue weighted by Gasteiger charge is -2.25. The molecule has 4 rings (SSSR count). The van der Waals surface area contributed by atoms with Gasteiger partial charge in [0, 0.05) is 12.0 Å². The van der Waals surface area contributed by atoms with Crippen molar-refractivity contribution in [3.05, 3.63) is 71.5 Å². The zero-order valence-electron chi connectivity index (χ0n) is 16.0. The van der Waals surface area contributed by atoms with Gasteiger partial charge in [-0.25, -0.2) is 9.69 Å². The molecule has 2 aromatic carbocycles. The maximum Gasteiger partial charge on any atom is 0.417 e. The van der Waals surface area contributed by atoms with Gasteiger partial charge in [-0.05, 0) is 34.6 Å². The van der Waals surface area contributed by atoms with Gasteiger partial charge in [-0.2, -0.15) is 0 Å². The van der Waals surface area contributed by atoms with Crippen LogP contribution in [0.4, 0.5) is 4.79 Å². The third kappa shape index (κ3) is 3.07. The quantitative estimate of drug-likeness (QED) is 0.843. The van der Waals surface area contributed by atoms with E-state index in [0.29, 0.717) is 6.42 Å². The highest BCUT2D eigenvalue weighted by molar-refractivity contribution is 6.02. The first-order valence-corrected chi connectivity index (χ1v) is 9.56. The fourth-order valence-electron chi connectivity index (χ4n) is 4.13. The number of fused-ring (bicyclic) bond motifs is 3. The maximum absolute atomic E-state index is 12.7. The summed E-state index contributed by atoms with van der Waals surface area (Å²) < 4.78 is 5.58. The third-order valence-corrected chi connectivity index (χ3v) is 5.39. The van der Waals surface area contributed by atoms with Crippen molar-refractivity contribution < 1.29 is 19.4 Å². The van der Waals surface area contributed by atoms with Gasteiger partial charge >= 0.3 is 6.09 Å². The molecule has 1 aliphatic carbocycles. The van der Waals surface area contributed by atoms with E-state index in [9.17, 15) is 14.7 Å². The van der Waals surface area contributed by atoms with Crippen molar-refractivity contribution in [1.29, 1.82) is 0 Å². The van der Waals surface area contributed by atoms with Gasteiger partial charge in [-0.15, -0.1) is 0 Å². The summed E-state index contributed by atoms with van der Waals surface area (Å²) in [4.78, 5) is 25.9. The second kappa shape index (κ2) is 7.15. The average Bonchev–Trinajstić information content (AvgIpc) is 3.13. The normalized spacial score (nSPS) is 18.2. The van der Waals surface area contributed by atoms with Gasteiger partial charge in [0.05, 0.1) is 0 Å². The van der Waals surface area contributed by atoms with Crippen LogP contribution in [0.5, 0.6) is 0 Å². The van der Waals surface area contributed by atoms with Crippen molar-refractivity contribution in [2.75, 3.05) is 6.61 Å². The molecule has 0 radical (unpaired) electrons. The molecule has 5 nitrogen and oxygen atoms in total. The number of hydrogen-bond donors (Lipinski definition) is 1. The number of rotatable bonds is 4. The molecule has 1 aliphatic heterocycles. The number of benzene rings is 2. The Hall–Kier alpha value is -3.08. The van der Waals surface area contributed by atoms with Crippen LogP contribution in [-0.4, -0.2) is 34.7 Å². The fourth-order valence-corrected chi connectivity index (χ4v) is 4.13. The van der Waals surface area contributed by atoms with Gasteiger partial charge in [0.2, 0.25) is 0 Å². The fraction of sp³-hybridized carbons (Fsp3) is 0.304. The van der Waals surface area contributed by atoms with Crippen LogP contribution in [0, 0.1) is 5.92 Å². The Morgan fingerprint density at radius 2 is 1.64 bits per heavy atom. The summed E-state index contributed by atoms with van der Waals surface area (Å²) in [5, 5.41) is 10.1. The van der Waals surface area contributed by atoms with Gasteiger partial charge in [0.1, 0.15) is 18.4 Å². The zero-order chi connectivity index (χ0) is 19.8. The van der Waals surface area contributed by atoms with Gasteiger partial charge in [-0.3, -0.25) is 4.79 Å². The summed E-state index contributed by atoms with van der Waals surface area (Å²) in [6.45, 7) is 4.10. The number of imide groups is 1. The van der Waals surface area contributed by atoms with Crippen molar-refractivity contribution in [1.82, 2.24) is 4.90 Å². The molecule has 1 atom stereocenters. The Labute approximate surface area is 164 Å². The minimum Gasteiger partial charge on any atom is -0.510 e. The van der Waals surface area contributed by atoms with Gasteiger partial charge < -0.3 is 9.84 Å².